The van der Waals surface area contributed by atoms with E-state index in [0.717, 1.165) is 22.8 Å². The van der Waals surface area contributed by atoms with Gasteiger partial charge in [0, 0.05) is 31.0 Å². The summed E-state index contributed by atoms with van der Waals surface area (Å²) in [7, 11) is 1.82. The highest BCUT2D eigenvalue weighted by Crippen LogP contribution is 2.33. The molecule has 1 amide bonds. The van der Waals surface area contributed by atoms with Gasteiger partial charge >= 0.3 is 0 Å². The molecule has 0 unspecified atom stereocenters. The molecule has 0 radical (unpaired) electrons. The number of ether oxygens (including phenoxy) is 1. The van der Waals surface area contributed by atoms with Crippen molar-refractivity contribution >= 4 is 46.3 Å². The Labute approximate surface area is 163 Å². The first kappa shape index (κ1) is 18.7. The molecule has 1 aromatic carbocycles. The minimum absolute atomic E-state index is 0.0900. The third kappa shape index (κ3) is 3.83. The average Bonchev–Trinajstić information content (AvgIpc) is 3.19. The maximum Gasteiger partial charge on any atom is 0.276 e. The lowest BCUT2D eigenvalue weighted by molar-refractivity contribution is 0.102. The molecular formula is C16H15Cl2N5O2S. The van der Waals surface area contributed by atoms with Crippen LogP contribution in [0.15, 0.2) is 30.5 Å². The standard InChI is InChI=1S/C16H15Cl2N5O2S/c1-23-11(4-6-20-23)10-8-9(2-3-12(10)25-7-5-19)21-16(24)14-13(17)15(18)26-22-14/h2-4,6,8H,5,7,19H2,1H3,(H,21,24). The van der Waals surface area contributed by atoms with Crippen LogP contribution in [-0.4, -0.2) is 33.2 Å². The summed E-state index contributed by atoms with van der Waals surface area (Å²) in [6, 6.07) is 7.14. The van der Waals surface area contributed by atoms with Crippen LogP contribution in [0.25, 0.3) is 11.3 Å². The van der Waals surface area contributed by atoms with Crippen LogP contribution in [0.2, 0.25) is 9.36 Å². The largest absolute Gasteiger partial charge is 0.492 e. The lowest BCUT2D eigenvalue weighted by Crippen LogP contribution is -2.14. The number of carbonyl (C=O) groups is 1. The molecule has 2 aromatic heterocycles. The molecule has 0 aliphatic carbocycles. The van der Waals surface area contributed by atoms with Gasteiger partial charge in [0.15, 0.2) is 5.69 Å². The number of benzene rings is 1. The fraction of sp³-hybridized carbons (Fsp3) is 0.188. The van der Waals surface area contributed by atoms with Crippen LogP contribution < -0.4 is 15.8 Å². The van der Waals surface area contributed by atoms with E-state index in [1.54, 1.807) is 29.1 Å². The van der Waals surface area contributed by atoms with Crippen LogP contribution in [0.4, 0.5) is 5.69 Å². The van der Waals surface area contributed by atoms with Crippen LogP contribution in [0.1, 0.15) is 10.5 Å². The number of hydrogen-bond acceptors (Lipinski definition) is 6. The van der Waals surface area contributed by atoms with Crippen molar-refractivity contribution in [2.75, 3.05) is 18.5 Å². The number of carbonyl (C=O) groups excluding carboxylic acids is 1. The highest BCUT2D eigenvalue weighted by atomic mass is 35.5. The Hall–Kier alpha value is -2.13. The highest BCUT2D eigenvalue weighted by molar-refractivity contribution is 7.11. The Morgan fingerprint density at radius 1 is 1.38 bits per heavy atom. The second-order valence-corrected chi connectivity index (χ2v) is 7.01. The second kappa shape index (κ2) is 8.05. The first-order valence-corrected chi connectivity index (χ1v) is 9.11. The maximum absolute atomic E-state index is 12.4. The van der Waals surface area contributed by atoms with E-state index in [2.05, 4.69) is 14.8 Å². The monoisotopic (exact) mass is 411 g/mol. The predicted octanol–water partition coefficient (Wildman–Crippen LogP) is 3.44. The molecule has 2 heterocycles. The molecule has 0 aliphatic heterocycles. The Balaban J connectivity index is 1.92. The summed E-state index contributed by atoms with van der Waals surface area (Å²) >= 11 is 12.8. The number of nitrogens with two attached hydrogens (primary N) is 1. The van der Waals surface area contributed by atoms with Crippen LogP contribution in [-0.2, 0) is 7.05 Å². The number of halogens is 2. The third-order valence-corrected chi connectivity index (χ3v) is 5.13. The van der Waals surface area contributed by atoms with Crippen molar-refractivity contribution in [3.05, 3.63) is 45.5 Å². The van der Waals surface area contributed by atoms with Crippen molar-refractivity contribution in [2.24, 2.45) is 12.8 Å². The number of aryl methyl sites for hydroxylation is 1. The van der Waals surface area contributed by atoms with Gasteiger partial charge in [0.25, 0.3) is 5.91 Å². The zero-order chi connectivity index (χ0) is 18.7. The van der Waals surface area contributed by atoms with E-state index in [9.17, 15) is 4.79 Å². The van der Waals surface area contributed by atoms with Gasteiger partial charge in [0.05, 0.1) is 5.69 Å². The first-order chi connectivity index (χ1) is 12.5. The molecule has 0 saturated carbocycles. The van der Waals surface area contributed by atoms with Crippen LogP contribution >= 0.6 is 34.7 Å². The summed E-state index contributed by atoms with van der Waals surface area (Å²) in [4.78, 5) is 12.4. The minimum atomic E-state index is -0.440. The van der Waals surface area contributed by atoms with E-state index < -0.39 is 5.91 Å². The summed E-state index contributed by atoms with van der Waals surface area (Å²) in [5, 5.41) is 7.09. The highest BCUT2D eigenvalue weighted by Gasteiger charge is 2.19. The molecule has 3 rings (SSSR count). The van der Waals surface area contributed by atoms with Gasteiger partial charge in [0.1, 0.15) is 21.7 Å². The predicted molar refractivity (Wildman–Crippen MR) is 103 cm³/mol. The number of rotatable bonds is 6. The SMILES string of the molecule is Cn1nccc1-c1cc(NC(=O)c2nsc(Cl)c2Cl)ccc1OCCN. The van der Waals surface area contributed by atoms with E-state index in [1.807, 2.05) is 13.1 Å². The minimum Gasteiger partial charge on any atom is -0.492 e. The molecule has 7 nitrogen and oxygen atoms in total. The molecule has 0 fully saturated rings. The fourth-order valence-corrected chi connectivity index (χ4v) is 3.33. The zero-order valence-electron chi connectivity index (χ0n) is 13.7. The number of nitrogens with zero attached hydrogens (tertiary/aromatic N) is 3. The van der Waals surface area contributed by atoms with Gasteiger partial charge in [0.2, 0.25) is 0 Å². The van der Waals surface area contributed by atoms with Gasteiger partial charge in [-0.15, -0.1) is 0 Å². The summed E-state index contributed by atoms with van der Waals surface area (Å²) in [6.45, 7) is 0.774. The summed E-state index contributed by atoms with van der Waals surface area (Å²) in [6.07, 6.45) is 1.68. The topological polar surface area (TPSA) is 95.1 Å². The Kier molecular flexibility index (Phi) is 5.77. The van der Waals surface area contributed by atoms with Gasteiger partial charge in [-0.3, -0.25) is 9.48 Å². The van der Waals surface area contributed by atoms with Gasteiger partial charge in [-0.05, 0) is 35.8 Å². The zero-order valence-corrected chi connectivity index (χ0v) is 16.0. The van der Waals surface area contributed by atoms with Crippen molar-refractivity contribution < 1.29 is 9.53 Å². The first-order valence-electron chi connectivity index (χ1n) is 7.58. The Morgan fingerprint density at radius 3 is 2.81 bits per heavy atom. The van der Waals surface area contributed by atoms with Crippen molar-refractivity contribution in [3.8, 4) is 17.0 Å². The second-order valence-electron chi connectivity index (χ2n) is 5.26. The number of anilines is 1. The molecule has 136 valence electrons. The Bertz CT molecular complexity index is 941. The molecule has 0 spiro atoms. The molecule has 0 saturated heterocycles. The van der Waals surface area contributed by atoms with E-state index in [1.165, 1.54) is 0 Å². The van der Waals surface area contributed by atoms with Gasteiger partial charge in [-0.1, -0.05) is 23.2 Å². The van der Waals surface area contributed by atoms with Gasteiger partial charge in [-0.2, -0.15) is 9.47 Å². The normalized spacial score (nSPS) is 10.8. The number of aromatic nitrogens is 3. The molecule has 3 N–H and O–H groups in total. The van der Waals surface area contributed by atoms with Crippen molar-refractivity contribution in [1.29, 1.82) is 0 Å². The smallest absolute Gasteiger partial charge is 0.276 e. The number of hydrogen-bond donors (Lipinski definition) is 2. The summed E-state index contributed by atoms with van der Waals surface area (Å²) < 4.78 is 11.7. The van der Waals surface area contributed by atoms with E-state index in [0.29, 0.717) is 24.6 Å². The van der Waals surface area contributed by atoms with Gasteiger partial charge in [-0.25, -0.2) is 0 Å². The number of nitrogens with one attached hydrogen (secondary N) is 1. The lowest BCUT2D eigenvalue weighted by Gasteiger charge is -2.13. The summed E-state index contributed by atoms with van der Waals surface area (Å²) in [5.74, 6) is 0.205. The van der Waals surface area contributed by atoms with E-state index in [4.69, 9.17) is 33.7 Å². The maximum atomic E-state index is 12.4. The number of amides is 1. The molecule has 10 heteroatoms. The molecule has 0 atom stereocenters. The average molecular weight is 412 g/mol. The van der Waals surface area contributed by atoms with Crippen molar-refractivity contribution in [1.82, 2.24) is 14.2 Å². The van der Waals surface area contributed by atoms with Crippen LogP contribution in [0, 0.1) is 0 Å². The molecule has 0 bridgehead atoms. The Morgan fingerprint density at radius 2 is 2.19 bits per heavy atom. The fourth-order valence-electron chi connectivity index (χ4n) is 2.33. The van der Waals surface area contributed by atoms with Gasteiger partial charge < -0.3 is 15.8 Å². The van der Waals surface area contributed by atoms with Crippen LogP contribution in [0.5, 0.6) is 5.75 Å². The van der Waals surface area contributed by atoms with E-state index >= 15 is 0 Å². The van der Waals surface area contributed by atoms with Crippen molar-refractivity contribution in [2.45, 2.75) is 0 Å². The summed E-state index contributed by atoms with van der Waals surface area (Å²) in [5.41, 5.74) is 7.79. The lowest BCUT2D eigenvalue weighted by atomic mass is 10.1. The quantitative estimate of drug-likeness (QED) is 0.647. The van der Waals surface area contributed by atoms with E-state index in [-0.39, 0.29) is 15.1 Å². The molecule has 0 aliphatic rings. The van der Waals surface area contributed by atoms with Crippen molar-refractivity contribution in [3.63, 3.8) is 0 Å². The van der Waals surface area contributed by atoms with Crippen LogP contribution in [0.3, 0.4) is 0 Å². The molecular weight excluding hydrogens is 397 g/mol. The molecule has 3 aromatic rings. The third-order valence-electron chi connectivity index (χ3n) is 3.52. The molecule has 26 heavy (non-hydrogen) atoms.